The molecule has 236 valence electrons. The van der Waals surface area contributed by atoms with Crippen LogP contribution in [-0.4, -0.2) is 110 Å². The van der Waals surface area contributed by atoms with Crippen LogP contribution in [0.5, 0.6) is 0 Å². The summed E-state index contributed by atoms with van der Waals surface area (Å²) in [5, 5.41) is 0.882. The van der Waals surface area contributed by atoms with Gasteiger partial charge >= 0.3 is 0 Å². The fourth-order valence-corrected chi connectivity index (χ4v) is 5.91. The highest BCUT2D eigenvalue weighted by molar-refractivity contribution is 6.15. The van der Waals surface area contributed by atoms with E-state index in [0.717, 1.165) is 56.2 Å². The van der Waals surface area contributed by atoms with Crippen molar-refractivity contribution in [2.24, 2.45) is 12.0 Å². The number of fused-ring (bicyclic) bond motifs is 3. The van der Waals surface area contributed by atoms with Gasteiger partial charge in [-0.3, -0.25) is 14.5 Å². The summed E-state index contributed by atoms with van der Waals surface area (Å²) in [6.45, 7) is 11.1. The van der Waals surface area contributed by atoms with Gasteiger partial charge < -0.3 is 29.1 Å². The van der Waals surface area contributed by atoms with Crippen LogP contribution in [0.2, 0.25) is 0 Å². The van der Waals surface area contributed by atoms with Crippen LogP contribution < -0.4 is 10.9 Å². The average molecular weight is 605 g/mol. The largest absolute Gasteiger partial charge is 0.383 e. The van der Waals surface area contributed by atoms with E-state index in [-0.39, 0.29) is 11.8 Å². The Morgan fingerprint density at radius 3 is 2.57 bits per heavy atom. The van der Waals surface area contributed by atoms with E-state index in [1.54, 1.807) is 24.4 Å². The molecule has 3 aromatic heterocycles. The van der Waals surface area contributed by atoms with Gasteiger partial charge in [-0.1, -0.05) is 13.8 Å². The first-order chi connectivity index (χ1) is 21.4. The third-order valence-electron chi connectivity index (χ3n) is 8.63. The van der Waals surface area contributed by atoms with Crippen LogP contribution in [0.1, 0.15) is 56.9 Å². The van der Waals surface area contributed by atoms with Crippen LogP contribution >= 0.6 is 0 Å². The van der Waals surface area contributed by atoms with E-state index in [1.165, 1.54) is 0 Å². The molecule has 3 fully saturated rings. The molecule has 1 saturated heterocycles. The summed E-state index contributed by atoms with van der Waals surface area (Å²) in [5.74, 6) is 0.965. The molecule has 13 heteroatoms. The smallest absolute Gasteiger partial charge is 0.275 e. The number of carbonyl (C=O) groups excluding carboxylic acids is 2. The number of aryl methyl sites for hydroxylation is 2. The lowest BCUT2D eigenvalue weighted by Gasteiger charge is -2.22. The number of pyridine rings is 1. The first-order valence-electron chi connectivity index (χ1n) is 15.9. The minimum absolute atomic E-state index is 0.0101. The van der Waals surface area contributed by atoms with E-state index >= 15 is 0 Å². The van der Waals surface area contributed by atoms with E-state index in [1.807, 2.05) is 36.1 Å². The Kier molecular flexibility index (Phi) is 8.70. The quantitative estimate of drug-likeness (QED) is 0.0892. The number of imidazole rings is 1. The van der Waals surface area contributed by atoms with Crippen LogP contribution in [0.4, 0.5) is 5.82 Å². The summed E-state index contributed by atoms with van der Waals surface area (Å²) in [7, 11) is 3.64. The van der Waals surface area contributed by atoms with Crippen LogP contribution in [0.25, 0.3) is 22.1 Å². The topological polar surface area (TPSA) is 125 Å². The van der Waals surface area contributed by atoms with Gasteiger partial charge in [-0.05, 0) is 45.2 Å². The standard InChI is InChI=1S/C31H44N10O3/c1-6-33-36-25(18-24-30(42)40(24)14-13-38(7-2)15-16-44-5)34-28-26-27(37(4)19-32-26)22-17-23(39(8-3)29(22)35-28)31(43)41(20-9-10-20)21-11-12-21/h17-21,33H,6-16H2,1-5H3,(H,34,35,36)/b24-18+. The summed E-state index contributed by atoms with van der Waals surface area (Å²) >= 11 is 0. The number of hydrazine groups is 1. The number of hydrogen-bond donors (Lipinski definition) is 2. The van der Waals surface area contributed by atoms with Crippen molar-refractivity contribution in [1.82, 2.24) is 44.7 Å². The molecule has 6 rings (SSSR count). The van der Waals surface area contributed by atoms with Crippen molar-refractivity contribution in [3.05, 3.63) is 29.9 Å². The molecule has 2 saturated carbocycles. The number of nitrogens with zero attached hydrogens (tertiary/aromatic N) is 8. The second-order valence-corrected chi connectivity index (χ2v) is 11.7. The van der Waals surface area contributed by atoms with Crippen molar-refractivity contribution in [2.75, 3.05) is 46.4 Å². The molecule has 44 heavy (non-hydrogen) atoms. The summed E-state index contributed by atoms with van der Waals surface area (Å²) in [5.41, 5.74) is 9.71. The lowest BCUT2D eigenvalue weighted by atomic mass is 10.2. The van der Waals surface area contributed by atoms with Crippen molar-refractivity contribution in [3.8, 4) is 0 Å². The lowest BCUT2D eigenvalue weighted by Crippen LogP contribution is -2.36. The van der Waals surface area contributed by atoms with Gasteiger partial charge in [-0.25, -0.2) is 20.4 Å². The van der Waals surface area contributed by atoms with E-state index in [0.29, 0.717) is 72.5 Å². The molecule has 0 radical (unpaired) electrons. The Morgan fingerprint density at radius 2 is 1.93 bits per heavy atom. The molecule has 1 aliphatic heterocycles. The van der Waals surface area contributed by atoms with Crippen LogP contribution in [0.15, 0.2) is 29.2 Å². The summed E-state index contributed by atoms with van der Waals surface area (Å²) in [4.78, 5) is 47.3. The molecule has 0 unspecified atom stereocenters. The van der Waals surface area contributed by atoms with Crippen molar-refractivity contribution >= 4 is 45.5 Å². The van der Waals surface area contributed by atoms with Crippen LogP contribution in [0, 0.1) is 0 Å². The number of amidine groups is 1. The van der Waals surface area contributed by atoms with Gasteiger partial charge in [-0.15, -0.1) is 0 Å². The van der Waals surface area contributed by atoms with Crippen LogP contribution in [-0.2, 0) is 23.1 Å². The van der Waals surface area contributed by atoms with Gasteiger partial charge in [0.15, 0.2) is 5.82 Å². The molecule has 3 aliphatic rings. The van der Waals surface area contributed by atoms with Crippen molar-refractivity contribution < 1.29 is 14.3 Å². The zero-order valence-electron chi connectivity index (χ0n) is 26.5. The van der Waals surface area contributed by atoms with Crippen molar-refractivity contribution in [3.63, 3.8) is 0 Å². The zero-order valence-corrected chi connectivity index (χ0v) is 26.5. The molecule has 4 heterocycles. The lowest BCUT2D eigenvalue weighted by molar-refractivity contribution is -0.113. The first kappa shape index (κ1) is 30.2. The number of aromatic nitrogens is 4. The number of aliphatic imine (C=N–C) groups is 1. The fourth-order valence-electron chi connectivity index (χ4n) is 5.91. The summed E-state index contributed by atoms with van der Waals surface area (Å²) in [6, 6.07) is 2.70. The van der Waals surface area contributed by atoms with E-state index in [4.69, 9.17) is 14.7 Å². The number of amides is 2. The molecule has 2 aliphatic carbocycles. The molecule has 0 spiro atoms. The maximum absolute atomic E-state index is 13.9. The predicted octanol–water partition coefficient (Wildman–Crippen LogP) is 2.55. The number of methoxy groups -OCH3 is 1. The summed E-state index contributed by atoms with van der Waals surface area (Å²) in [6.07, 6.45) is 7.84. The number of rotatable bonds is 15. The van der Waals surface area contributed by atoms with Gasteiger partial charge in [-0.2, -0.15) is 0 Å². The Morgan fingerprint density at radius 1 is 1.18 bits per heavy atom. The Labute approximate surface area is 257 Å². The Bertz CT molecular complexity index is 1600. The van der Waals surface area contributed by atoms with E-state index in [9.17, 15) is 9.59 Å². The first-order valence-corrected chi connectivity index (χ1v) is 15.9. The highest BCUT2D eigenvalue weighted by atomic mass is 16.5. The minimum Gasteiger partial charge on any atom is -0.383 e. The monoisotopic (exact) mass is 604 g/mol. The van der Waals surface area contributed by atoms with E-state index < -0.39 is 0 Å². The maximum Gasteiger partial charge on any atom is 0.275 e. The molecule has 3 aromatic rings. The van der Waals surface area contributed by atoms with Crippen molar-refractivity contribution in [2.45, 2.75) is 65.1 Å². The van der Waals surface area contributed by atoms with Gasteiger partial charge in [0.05, 0.1) is 18.5 Å². The second-order valence-electron chi connectivity index (χ2n) is 11.7. The fraction of sp³-hybridized carbons (Fsp3) is 0.581. The summed E-state index contributed by atoms with van der Waals surface area (Å²) < 4.78 is 9.17. The van der Waals surface area contributed by atoms with Gasteiger partial charge in [0.25, 0.3) is 11.8 Å². The molecule has 0 bridgehead atoms. The number of ether oxygens (including phenoxy) is 1. The van der Waals surface area contributed by atoms with E-state index in [2.05, 4.69) is 32.6 Å². The predicted molar refractivity (Wildman–Crippen MR) is 170 cm³/mol. The Balaban J connectivity index is 1.35. The van der Waals surface area contributed by atoms with Crippen LogP contribution in [0.3, 0.4) is 0 Å². The molecule has 2 amide bonds. The average Bonchev–Trinajstić information content (AvgIpc) is 3.98. The number of likely N-dealkylation sites (N-methyl/N-ethyl adjacent to an activating group) is 1. The minimum atomic E-state index is -0.0101. The van der Waals surface area contributed by atoms with Crippen molar-refractivity contribution in [1.29, 1.82) is 0 Å². The third kappa shape index (κ3) is 5.95. The molecule has 0 atom stereocenters. The highest BCUT2D eigenvalue weighted by Gasteiger charge is 2.43. The van der Waals surface area contributed by atoms with Gasteiger partial charge in [0, 0.05) is 70.4 Å². The highest BCUT2D eigenvalue weighted by Crippen LogP contribution is 2.40. The molecule has 13 nitrogen and oxygen atoms in total. The molecule has 0 aromatic carbocycles. The number of hydrogen-bond acceptors (Lipinski definition) is 8. The number of nitrogens with one attached hydrogen (secondary N) is 2. The third-order valence-corrected chi connectivity index (χ3v) is 8.63. The number of carbonyl (C=O) groups is 2. The normalized spacial score (nSPS) is 18.0. The second kappa shape index (κ2) is 12.7. The molecular formula is C31H44N10O3. The Hall–Kier alpha value is -3.81. The zero-order chi connectivity index (χ0) is 31.0. The molecule has 2 N–H and O–H groups in total. The van der Waals surface area contributed by atoms with Gasteiger partial charge in [0.1, 0.15) is 28.4 Å². The molecular weight excluding hydrogens is 560 g/mol. The SMILES string of the molecule is CCNNC(/C=C1\C(=O)N1CCN(CC)CCOC)=N\c1nc2c(cc(C(=O)N(C3CC3)C3CC3)n2CC)c2c1ncn2C. The maximum atomic E-state index is 13.9. The van der Waals surface area contributed by atoms with Gasteiger partial charge in [0.2, 0.25) is 0 Å².